The third-order valence-corrected chi connectivity index (χ3v) is 6.22. The molecule has 1 aromatic carbocycles. The summed E-state index contributed by atoms with van der Waals surface area (Å²) in [5.41, 5.74) is 1.44. The molecule has 1 aromatic heterocycles. The van der Waals surface area contributed by atoms with Gasteiger partial charge in [0.1, 0.15) is 6.54 Å². The summed E-state index contributed by atoms with van der Waals surface area (Å²) in [5.74, 6) is -0.359. The number of nitrogens with one attached hydrogen (secondary N) is 1. The maximum Gasteiger partial charge on any atom is 0.273 e. The average Bonchev–Trinajstić information content (AvgIpc) is 3.12. The maximum absolute atomic E-state index is 13.2. The number of hydrogen-bond donors (Lipinski definition) is 1. The molecule has 0 unspecified atom stereocenters. The molecule has 30 heavy (non-hydrogen) atoms. The maximum atomic E-state index is 13.2. The van der Waals surface area contributed by atoms with E-state index in [-0.39, 0.29) is 29.6 Å². The molecule has 9 heteroatoms. The quantitative estimate of drug-likeness (QED) is 0.520. The van der Waals surface area contributed by atoms with Gasteiger partial charge in [0.25, 0.3) is 11.6 Å². The SMILES string of the molecule is Cc1csc(NC(=O)CN(CC2CCCCC2)C(=O)c2ccc(C)c([N+](=O)[O-])c2)n1. The first-order chi connectivity index (χ1) is 14.3. The normalized spacial score (nSPS) is 14.3. The van der Waals surface area contributed by atoms with Crippen molar-refractivity contribution in [3.8, 4) is 0 Å². The van der Waals surface area contributed by atoms with Crippen LogP contribution in [0.1, 0.15) is 53.7 Å². The Kier molecular flexibility index (Phi) is 7.15. The molecule has 0 spiro atoms. The largest absolute Gasteiger partial charge is 0.329 e. The van der Waals surface area contributed by atoms with Crippen molar-refractivity contribution in [2.45, 2.75) is 46.0 Å². The van der Waals surface area contributed by atoms with Crippen LogP contribution in [0.15, 0.2) is 23.6 Å². The highest BCUT2D eigenvalue weighted by Crippen LogP contribution is 2.26. The van der Waals surface area contributed by atoms with Gasteiger partial charge in [0.2, 0.25) is 5.91 Å². The number of hydrogen-bond acceptors (Lipinski definition) is 6. The summed E-state index contributed by atoms with van der Waals surface area (Å²) < 4.78 is 0. The van der Waals surface area contributed by atoms with Gasteiger partial charge in [-0.3, -0.25) is 19.7 Å². The van der Waals surface area contributed by atoms with Crippen molar-refractivity contribution in [3.63, 3.8) is 0 Å². The second-order valence-corrected chi connectivity index (χ2v) is 8.65. The van der Waals surface area contributed by atoms with Crippen LogP contribution in [-0.4, -0.2) is 39.7 Å². The minimum atomic E-state index is -0.491. The number of nitrogens with zero attached hydrogens (tertiary/aromatic N) is 3. The van der Waals surface area contributed by atoms with Gasteiger partial charge in [-0.2, -0.15) is 0 Å². The van der Waals surface area contributed by atoms with Crippen LogP contribution in [0, 0.1) is 29.9 Å². The van der Waals surface area contributed by atoms with Crippen molar-refractivity contribution < 1.29 is 14.5 Å². The molecule has 0 atom stereocenters. The monoisotopic (exact) mass is 430 g/mol. The number of aromatic nitrogens is 1. The number of anilines is 1. The Morgan fingerprint density at radius 3 is 2.63 bits per heavy atom. The van der Waals surface area contributed by atoms with Crippen LogP contribution in [0.2, 0.25) is 0 Å². The van der Waals surface area contributed by atoms with E-state index >= 15 is 0 Å². The average molecular weight is 431 g/mol. The van der Waals surface area contributed by atoms with E-state index in [1.807, 2.05) is 12.3 Å². The van der Waals surface area contributed by atoms with Gasteiger partial charge in [0.15, 0.2) is 5.13 Å². The molecule has 2 amide bonds. The molecule has 1 heterocycles. The Morgan fingerprint density at radius 1 is 1.27 bits per heavy atom. The molecule has 2 aromatic rings. The Labute approximate surface area is 179 Å². The highest BCUT2D eigenvalue weighted by atomic mass is 32.1. The van der Waals surface area contributed by atoms with Crippen molar-refractivity contribution in [1.82, 2.24) is 9.88 Å². The van der Waals surface area contributed by atoms with Gasteiger partial charge in [-0.25, -0.2) is 4.98 Å². The number of rotatable bonds is 7. The molecule has 0 bridgehead atoms. The molecule has 3 rings (SSSR count). The molecule has 1 N–H and O–H groups in total. The summed E-state index contributed by atoms with van der Waals surface area (Å²) in [6, 6.07) is 4.46. The number of carbonyl (C=O) groups is 2. The highest BCUT2D eigenvalue weighted by molar-refractivity contribution is 7.13. The number of carbonyl (C=O) groups excluding carboxylic acids is 2. The minimum Gasteiger partial charge on any atom is -0.329 e. The van der Waals surface area contributed by atoms with Gasteiger partial charge in [-0.1, -0.05) is 25.3 Å². The molecule has 0 saturated heterocycles. The van der Waals surface area contributed by atoms with Gasteiger partial charge in [-0.15, -0.1) is 11.3 Å². The predicted octanol–water partition coefficient (Wildman–Crippen LogP) is 4.33. The van der Waals surface area contributed by atoms with Crippen molar-refractivity contribution in [1.29, 1.82) is 0 Å². The first kappa shape index (κ1) is 21.9. The summed E-state index contributed by atoms with van der Waals surface area (Å²) in [4.78, 5) is 42.3. The lowest BCUT2D eigenvalue weighted by molar-refractivity contribution is -0.385. The summed E-state index contributed by atoms with van der Waals surface area (Å²) >= 11 is 1.33. The molecule has 1 aliphatic rings. The molecule has 0 aliphatic heterocycles. The smallest absolute Gasteiger partial charge is 0.273 e. The molecule has 1 fully saturated rings. The summed E-state index contributed by atoms with van der Waals surface area (Å²) in [5, 5.41) is 16.4. The second kappa shape index (κ2) is 9.80. The molecule has 8 nitrogen and oxygen atoms in total. The first-order valence-corrected chi connectivity index (χ1v) is 11.0. The Balaban J connectivity index is 1.78. The molecular weight excluding hydrogens is 404 g/mol. The van der Waals surface area contributed by atoms with Crippen LogP contribution in [-0.2, 0) is 4.79 Å². The minimum absolute atomic E-state index is 0.0961. The highest BCUT2D eigenvalue weighted by Gasteiger charge is 2.25. The van der Waals surface area contributed by atoms with Crippen LogP contribution in [0.4, 0.5) is 10.8 Å². The zero-order valence-electron chi connectivity index (χ0n) is 17.2. The topological polar surface area (TPSA) is 105 Å². The van der Waals surface area contributed by atoms with E-state index in [4.69, 9.17) is 0 Å². The van der Waals surface area contributed by atoms with Crippen LogP contribution in [0.3, 0.4) is 0 Å². The summed E-state index contributed by atoms with van der Waals surface area (Å²) in [7, 11) is 0. The number of benzene rings is 1. The van der Waals surface area contributed by atoms with E-state index in [0.29, 0.717) is 23.2 Å². The lowest BCUT2D eigenvalue weighted by Crippen LogP contribution is -2.41. The third-order valence-electron chi connectivity index (χ3n) is 5.34. The van der Waals surface area contributed by atoms with E-state index < -0.39 is 4.92 Å². The van der Waals surface area contributed by atoms with Crippen LogP contribution < -0.4 is 5.32 Å². The van der Waals surface area contributed by atoms with E-state index in [1.54, 1.807) is 19.1 Å². The Hall–Kier alpha value is -2.81. The van der Waals surface area contributed by atoms with Crippen LogP contribution >= 0.6 is 11.3 Å². The van der Waals surface area contributed by atoms with Gasteiger partial charge >= 0.3 is 0 Å². The fourth-order valence-electron chi connectivity index (χ4n) is 3.77. The molecule has 1 saturated carbocycles. The van der Waals surface area contributed by atoms with Crippen LogP contribution in [0.25, 0.3) is 0 Å². The first-order valence-electron chi connectivity index (χ1n) is 10.1. The molecule has 1 aliphatic carbocycles. The van der Waals surface area contributed by atoms with Crippen molar-refractivity contribution in [2.24, 2.45) is 5.92 Å². The lowest BCUT2D eigenvalue weighted by atomic mass is 9.89. The van der Waals surface area contributed by atoms with Gasteiger partial charge in [0, 0.05) is 29.1 Å². The van der Waals surface area contributed by atoms with E-state index in [0.717, 1.165) is 31.4 Å². The number of aryl methyl sites for hydroxylation is 2. The number of nitro groups is 1. The standard InChI is InChI=1S/C21H26N4O4S/c1-14-8-9-17(10-18(14)25(28)29)20(27)24(11-16-6-4-3-5-7-16)12-19(26)23-21-22-15(2)13-30-21/h8-10,13,16H,3-7,11-12H2,1-2H3,(H,22,23,26). The zero-order valence-corrected chi connectivity index (χ0v) is 18.0. The van der Waals surface area contributed by atoms with Crippen molar-refractivity contribution in [2.75, 3.05) is 18.4 Å². The fraction of sp³-hybridized carbons (Fsp3) is 0.476. The van der Waals surface area contributed by atoms with Gasteiger partial charge < -0.3 is 10.2 Å². The number of thiazole rings is 1. The summed E-state index contributed by atoms with van der Waals surface area (Å²) in [6.07, 6.45) is 5.47. The fourth-order valence-corrected chi connectivity index (χ4v) is 4.47. The van der Waals surface area contributed by atoms with E-state index in [1.165, 1.54) is 28.7 Å². The molecular formula is C21H26N4O4S. The number of amides is 2. The predicted molar refractivity (Wildman–Crippen MR) is 116 cm³/mol. The van der Waals surface area contributed by atoms with Gasteiger partial charge in [0.05, 0.1) is 10.6 Å². The second-order valence-electron chi connectivity index (χ2n) is 7.79. The Morgan fingerprint density at radius 2 is 2.00 bits per heavy atom. The van der Waals surface area contributed by atoms with Crippen molar-refractivity contribution in [3.05, 3.63) is 50.5 Å². The number of nitro benzene ring substituents is 1. The lowest BCUT2D eigenvalue weighted by Gasteiger charge is -2.29. The van der Waals surface area contributed by atoms with E-state index in [9.17, 15) is 19.7 Å². The summed E-state index contributed by atoms with van der Waals surface area (Å²) in [6.45, 7) is 3.82. The van der Waals surface area contributed by atoms with E-state index in [2.05, 4.69) is 10.3 Å². The third kappa shape index (κ3) is 5.63. The van der Waals surface area contributed by atoms with Crippen LogP contribution in [0.5, 0.6) is 0 Å². The molecule has 160 valence electrons. The van der Waals surface area contributed by atoms with Gasteiger partial charge in [-0.05, 0) is 38.7 Å². The molecule has 0 radical (unpaired) electrons. The van der Waals surface area contributed by atoms with Crippen molar-refractivity contribution >= 4 is 34.0 Å². The Bertz CT molecular complexity index is 937. The zero-order chi connectivity index (χ0) is 21.7.